The normalized spacial score (nSPS) is 11.3. The lowest BCUT2D eigenvalue weighted by atomic mass is 10.1. The van der Waals surface area contributed by atoms with E-state index in [1.807, 2.05) is 6.92 Å². The lowest BCUT2D eigenvalue weighted by Crippen LogP contribution is -2.06. The highest BCUT2D eigenvalue weighted by Crippen LogP contribution is 2.28. The highest BCUT2D eigenvalue weighted by molar-refractivity contribution is 5.85. The van der Waals surface area contributed by atoms with Crippen molar-refractivity contribution in [3.8, 4) is 11.5 Å². The molecule has 3 N–H and O–H groups in total. The maximum Gasteiger partial charge on any atom is 0.161 e. The molecule has 0 aliphatic rings. The van der Waals surface area contributed by atoms with Gasteiger partial charge < -0.3 is 15.6 Å². The van der Waals surface area contributed by atoms with E-state index in [0.29, 0.717) is 12.4 Å². The molecule has 3 nitrogen and oxygen atoms in total. The summed E-state index contributed by atoms with van der Waals surface area (Å²) in [6.07, 6.45) is 1.64. The van der Waals surface area contributed by atoms with Crippen LogP contribution in [0.1, 0.15) is 18.5 Å². The zero-order chi connectivity index (χ0) is 10.6. The number of phenols is 1. The predicted octanol–water partition coefficient (Wildman–Crippen LogP) is 2.40. The molecular formula is C11H16ClNO2. The number of rotatable bonds is 4. The van der Waals surface area contributed by atoms with Crippen LogP contribution in [0, 0.1) is 0 Å². The van der Waals surface area contributed by atoms with E-state index in [0.717, 1.165) is 5.56 Å². The van der Waals surface area contributed by atoms with E-state index in [1.54, 1.807) is 24.3 Å². The maximum atomic E-state index is 9.43. The van der Waals surface area contributed by atoms with E-state index in [-0.39, 0.29) is 24.2 Å². The van der Waals surface area contributed by atoms with Crippen molar-refractivity contribution in [3.05, 3.63) is 36.4 Å². The summed E-state index contributed by atoms with van der Waals surface area (Å²) in [5.41, 5.74) is 6.63. The van der Waals surface area contributed by atoms with Crippen molar-refractivity contribution < 1.29 is 9.84 Å². The molecule has 0 amide bonds. The summed E-state index contributed by atoms with van der Waals surface area (Å²) in [6.45, 7) is 5.98. The van der Waals surface area contributed by atoms with Crippen LogP contribution in [-0.4, -0.2) is 11.7 Å². The average molecular weight is 230 g/mol. The largest absolute Gasteiger partial charge is 0.504 e. The second-order valence-corrected chi connectivity index (χ2v) is 2.92. The molecule has 0 aliphatic carbocycles. The van der Waals surface area contributed by atoms with Gasteiger partial charge in [0.1, 0.15) is 0 Å². The molecule has 1 aromatic rings. The van der Waals surface area contributed by atoms with Crippen LogP contribution in [0.4, 0.5) is 0 Å². The van der Waals surface area contributed by atoms with Gasteiger partial charge in [-0.15, -0.1) is 19.0 Å². The molecule has 84 valence electrons. The first kappa shape index (κ1) is 13.8. The van der Waals surface area contributed by atoms with Crippen LogP contribution >= 0.6 is 12.4 Å². The van der Waals surface area contributed by atoms with Crippen molar-refractivity contribution in [1.82, 2.24) is 0 Å². The van der Waals surface area contributed by atoms with Gasteiger partial charge in [0.05, 0.1) is 6.61 Å². The highest BCUT2D eigenvalue weighted by atomic mass is 35.5. The molecule has 0 saturated heterocycles. The van der Waals surface area contributed by atoms with E-state index in [1.165, 1.54) is 0 Å². The standard InChI is InChI=1S/C11H15NO2.ClH/c1-3-9(12)8-5-6-10(13)11(7-8)14-4-2;/h3,5-7,9,13H,1,4,12H2,2H3;1H/t9-;/m0./s1. The lowest BCUT2D eigenvalue weighted by Gasteiger charge is -2.10. The summed E-state index contributed by atoms with van der Waals surface area (Å²) in [6, 6.07) is 4.83. The number of phenolic OH excluding ortho intramolecular Hbond substituents is 1. The molecule has 15 heavy (non-hydrogen) atoms. The quantitative estimate of drug-likeness (QED) is 0.780. The Kier molecular flexibility index (Phi) is 5.82. The fourth-order valence-electron chi connectivity index (χ4n) is 1.15. The van der Waals surface area contributed by atoms with E-state index in [4.69, 9.17) is 10.5 Å². The topological polar surface area (TPSA) is 55.5 Å². The van der Waals surface area contributed by atoms with Crippen molar-refractivity contribution >= 4 is 12.4 Å². The summed E-state index contributed by atoms with van der Waals surface area (Å²) in [4.78, 5) is 0. The van der Waals surface area contributed by atoms with Gasteiger partial charge in [0.25, 0.3) is 0 Å². The average Bonchev–Trinajstić information content (AvgIpc) is 2.20. The van der Waals surface area contributed by atoms with Gasteiger partial charge in [-0.25, -0.2) is 0 Å². The second-order valence-electron chi connectivity index (χ2n) is 2.92. The van der Waals surface area contributed by atoms with Gasteiger partial charge in [0.15, 0.2) is 11.5 Å². The van der Waals surface area contributed by atoms with Crippen LogP contribution in [0.3, 0.4) is 0 Å². The first-order chi connectivity index (χ1) is 6.69. The summed E-state index contributed by atoms with van der Waals surface area (Å²) in [5, 5.41) is 9.43. The molecule has 0 saturated carbocycles. The lowest BCUT2D eigenvalue weighted by molar-refractivity contribution is 0.317. The molecule has 0 spiro atoms. The van der Waals surface area contributed by atoms with Gasteiger partial charge in [0.2, 0.25) is 0 Å². The van der Waals surface area contributed by atoms with E-state index >= 15 is 0 Å². The third kappa shape index (κ3) is 3.46. The van der Waals surface area contributed by atoms with Gasteiger partial charge in [-0.05, 0) is 24.6 Å². The minimum absolute atomic E-state index is 0. The van der Waals surface area contributed by atoms with Crippen molar-refractivity contribution in [3.63, 3.8) is 0 Å². The number of benzene rings is 1. The first-order valence-corrected chi connectivity index (χ1v) is 4.53. The monoisotopic (exact) mass is 229 g/mol. The minimum Gasteiger partial charge on any atom is -0.504 e. The Bertz CT molecular complexity index is 328. The molecular weight excluding hydrogens is 214 g/mol. The zero-order valence-electron chi connectivity index (χ0n) is 8.64. The molecule has 0 heterocycles. The Balaban J connectivity index is 0.00000196. The highest BCUT2D eigenvalue weighted by Gasteiger charge is 2.06. The Hall–Kier alpha value is -1.19. The van der Waals surface area contributed by atoms with Crippen molar-refractivity contribution in [2.75, 3.05) is 6.61 Å². The van der Waals surface area contributed by atoms with Gasteiger partial charge in [-0.2, -0.15) is 0 Å². The molecule has 1 rings (SSSR count). The fourth-order valence-corrected chi connectivity index (χ4v) is 1.15. The Morgan fingerprint density at radius 2 is 2.27 bits per heavy atom. The van der Waals surface area contributed by atoms with Crippen LogP contribution in [0.25, 0.3) is 0 Å². The smallest absolute Gasteiger partial charge is 0.161 e. The van der Waals surface area contributed by atoms with Gasteiger partial charge >= 0.3 is 0 Å². The number of hydrogen-bond donors (Lipinski definition) is 2. The molecule has 1 atom stereocenters. The van der Waals surface area contributed by atoms with Crippen molar-refractivity contribution in [1.29, 1.82) is 0 Å². The molecule has 0 radical (unpaired) electrons. The molecule has 0 unspecified atom stereocenters. The van der Waals surface area contributed by atoms with Gasteiger partial charge in [-0.3, -0.25) is 0 Å². The SMILES string of the molecule is C=C[C@H](N)c1ccc(O)c(OCC)c1.Cl. The minimum atomic E-state index is -0.227. The van der Waals surface area contributed by atoms with Crippen molar-refractivity contribution in [2.24, 2.45) is 5.73 Å². The first-order valence-electron chi connectivity index (χ1n) is 4.53. The number of aromatic hydroxyl groups is 1. The number of nitrogens with two attached hydrogens (primary N) is 1. The predicted molar refractivity (Wildman–Crippen MR) is 63.6 cm³/mol. The molecule has 1 aromatic carbocycles. The van der Waals surface area contributed by atoms with Crippen LogP contribution in [0.5, 0.6) is 11.5 Å². The third-order valence-corrected chi connectivity index (χ3v) is 1.92. The summed E-state index contributed by atoms with van der Waals surface area (Å²) in [7, 11) is 0. The Morgan fingerprint density at radius 1 is 1.60 bits per heavy atom. The van der Waals surface area contributed by atoms with E-state index in [2.05, 4.69) is 6.58 Å². The molecule has 0 aliphatic heterocycles. The summed E-state index contributed by atoms with van der Waals surface area (Å²) < 4.78 is 5.23. The zero-order valence-corrected chi connectivity index (χ0v) is 9.46. The fraction of sp³-hybridized carbons (Fsp3) is 0.273. The Morgan fingerprint density at radius 3 is 2.80 bits per heavy atom. The van der Waals surface area contributed by atoms with Gasteiger partial charge in [-0.1, -0.05) is 12.1 Å². The number of ether oxygens (including phenoxy) is 1. The summed E-state index contributed by atoms with van der Waals surface area (Å²) in [5.74, 6) is 0.592. The van der Waals surface area contributed by atoms with Crippen LogP contribution in [0.15, 0.2) is 30.9 Å². The van der Waals surface area contributed by atoms with Crippen LogP contribution in [-0.2, 0) is 0 Å². The van der Waals surface area contributed by atoms with Crippen molar-refractivity contribution in [2.45, 2.75) is 13.0 Å². The molecule has 0 aromatic heterocycles. The number of hydrogen-bond acceptors (Lipinski definition) is 3. The molecule has 0 bridgehead atoms. The molecule has 0 fully saturated rings. The van der Waals surface area contributed by atoms with E-state index < -0.39 is 0 Å². The maximum absolute atomic E-state index is 9.43. The summed E-state index contributed by atoms with van der Waals surface area (Å²) >= 11 is 0. The number of halogens is 1. The van der Waals surface area contributed by atoms with E-state index in [9.17, 15) is 5.11 Å². The van der Waals surface area contributed by atoms with Crippen LogP contribution in [0.2, 0.25) is 0 Å². The van der Waals surface area contributed by atoms with Gasteiger partial charge in [0, 0.05) is 6.04 Å². The third-order valence-electron chi connectivity index (χ3n) is 1.92. The van der Waals surface area contributed by atoms with Crippen LogP contribution < -0.4 is 10.5 Å². The Labute approximate surface area is 96.0 Å². The molecule has 4 heteroatoms. The second kappa shape index (κ2) is 6.32.